The van der Waals surface area contributed by atoms with E-state index in [1.807, 2.05) is 48.5 Å². The molecular formula is C26H29N3O7. The predicted octanol–water partition coefficient (Wildman–Crippen LogP) is 1.12. The van der Waals surface area contributed by atoms with Crippen molar-refractivity contribution in [2.24, 2.45) is 0 Å². The van der Waals surface area contributed by atoms with Gasteiger partial charge in [0, 0.05) is 6.42 Å². The quantitative estimate of drug-likeness (QED) is 0.488. The van der Waals surface area contributed by atoms with Crippen molar-refractivity contribution < 1.29 is 34.1 Å². The molecule has 0 spiro atoms. The van der Waals surface area contributed by atoms with Gasteiger partial charge in [0.2, 0.25) is 11.8 Å². The summed E-state index contributed by atoms with van der Waals surface area (Å²) in [6.07, 6.45) is -1.26. The highest BCUT2D eigenvalue weighted by Gasteiger charge is 2.43. The number of amides is 3. The van der Waals surface area contributed by atoms with E-state index in [-0.39, 0.29) is 18.9 Å². The fraction of sp³-hybridized carbons (Fsp3) is 0.423. The van der Waals surface area contributed by atoms with Crippen LogP contribution in [0.3, 0.4) is 0 Å². The van der Waals surface area contributed by atoms with E-state index >= 15 is 0 Å². The van der Waals surface area contributed by atoms with Crippen LogP contribution in [0.2, 0.25) is 0 Å². The Bertz CT molecular complexity index is 1140. The number of anilines is 1. The number of alkyl carbamates (subject to hydrolysis) is 1. The monoisotopic (exact) mass is 495 g/mol. The fourth-order valence-electron chi connectivity index (χ4n) is 5.13. The van der Waals surface area contributed by atoms with Crippen LogP contribution in [-0.2, 0) is 38.5 Å². The molecule has 5 atom stereocenters. The Hall–Kier alpha value is -3.47. The number of hydrogen-bond donors (Lipinski definition) is 4. The van der Waals surface area contributed by atoms with Crippen LogP contribution >= 0.6 is 0 Å². The van der Waals surface area contributed by atoms with E-state index in [0.717, 1.165) is 16.7 Å². The number of para-hydroxylation sites is 1. The lowest BCUT2D eigenvalue weighted by Gasteiger charge is -2.38. The van der Waals surface area contributed by atoms with Gasteiger partial charge in [-0.05, 0) is 42.4 Å². The first-order chi connectivity index (χ1) is 17.4. The second kappa shape index (κ2) is 10.3. The van der Waals surface area contributed by atoms with Gasteiger partial charge in [-0.15, -0.1) is 0 Å². The first-order valence-corrected chi connectivity index (χ1v) is 12.1. The molecule has 5 rings (SSSR count). The average molecular weight is 496 g/mol. The summed E-state index contributed by atoms with van der Waals surface area (Å²) in [5.41, 5.74) is 3.43. The molecule has 0 saturated carbocycles. The topological polar surface area (TPSA) is 137 Å². The minimum atomic E-state index is -1.33. The van der Waals surface area contributed by atoms with Gasteiger partial charge in [0.15, 0.2) is 12.6 Å². The molecule has 3 amide bonds. The Balaban J connectivity index is 1.34. The highest BCUT2D eigenvalue weighted by molar-refractivity contribution is 6.06. The zero-order valence-corrected chi connectivity index (χ0v) is 19.6. The van der Waals surface area contributed by atoms with Gasteiger partial charge in [-0.3, -0.25) is 14.5 Å². The molecule has 1 fully saturated rings. The molecule has 4 unspecified atom stereocenters. The summed E-state index contributed by atoms with van der Waals surface area (Å²) in [4.78, 5) is 41.1. The average Bonchev–Trinajstić information content (AvgIpc) is 3.12. The molecule has 0 bridgehead atoms. The molecule has 10 heteroatoms. The lowest BCUT2D eigenvalue weighted by molar-refractivity contribution is -0.165. The Morgan fingerprint density at radius 2 is 1.72 bits per heavy atom. The number of rotatable bonds is 5. The number of benzene rings is 2. The third-order valence-corrected chi connectivity index (χ3v) is 6.91. The Morgan fingerprint density at radius 1 is 1.00 bits per heavy atom. The van der Waals surface area contributed by atoms with Gasteiger partial charge in [0.05, 0.1) is 11.7 Å². The number of carbonyl (C=O) groups is 3. The summed E-state index contributed by atoms with van der Waals surface area (Å²) in [7, 11) is 0. The van der Waals surface area contributed by atoms with Crippen molar-refractivity contribution >= 4 is 23.6 Å². The number of aliphatic hydroxyl groups excluding tert-OH is 2. The molecule has 4 N–H and O–H groups in total. The summed E-state index contributed by atoms with van der Waals surface area (Å²) in [5, 5.41) is 25.0. The molecule has 2 aromatic rings. The normalized spacial score (nSPS) is 27.1. The number of hydrogen-bond acceptors (Lipinski definition) is 7. The molecule has 0 aromatic heterocycles. The smallest absolute Gasteiger partial charge is 0.408 e. The third-order valence-electron chi connectivity index (χ3n) is 6.91. The van der Waals surface area contributed by atoms with Crippen LogP contribution in [0.5, 0.6) is 0 Å². The zero-order chi connectivity index (χ0) is 25.2. The van der Waals surface area contributed by atoms with Crippen LogP contribution < -0.4 is 15.5 Å². The van der Waals surface area contributed by atoms with E-state index in [0.29, 0.717) is 31.4 Å². The molecule has 0 aliphatic carbocycles. The van der Waals surface area contributed by atoms with E-state index in [9.17, 15) is 24.6 Å². The van der Waals surface area contributed by atoms with Crippen molar-refractivity contribution in [1.29, 1.82) is 0 Å². The number of aryl methyl sites for hydroxylation is 2. The van der Waals surface area contributed by atoms with Crippen molar-refractivity contribution in [2.75, 3.05) is 4.90 Å². The van der Waals surface area contributed by atoms with Crippen LogP contribution in [-0.4, -0.2) is 58.8 Å². The molecule has 3 aliphatic heterocycles. The SMILES string of the molecule is O=C(NC1CCc2cccc3c2N(C1=O)C(C(=O)N[C@H]1CC(O)OC1O)CC3)OCc1ccccc1. The van der Waals surface area contributed by atoms with Crippen LogP contribution in [0.25, 0.3) is 0 Å². The van der Waals surface area contributed by atoms with Gasteiger partial charge < -0.3 is 30.3 Å². The highest BCUT2D eigenvalue weighted by Crippen LogP contribution is 2.38. The lowest BCUT2D eigenvalue weighted by Crippen LogP contribution is -2.58. The summed E-state index contributed by atoms with van der Waals surface area (Å²) < 4.78 is 10.2. The standard InChI is InChI=1S/C26H29N3O7/c30-21-13-19(25(33)36-21)27-23(31)20-12-10-17-8-4-7-16-9-11-18(24(32)29(20)22(16)17)28-26(34)35-14-15-5-2-1-3-6-15/h1-8,18-21,25,30,33H,9-14H2,(H,27,31)(H,28,34)/t18?,19-,20?,21?,25?/m0/s1. The highest BCUT2D eigenvalue weighted by atomic mass is 16.7. The Labute approximate surface area is 208 Å². The van der Waals surface area contributed by atoms with Gasteiger partial charge in [-0.25, -0.2) is 4.79 Å². The van der Waals surface area contributed by atoms with Gasteiger partial charge in [0.1, 0.15) is 18.7 Å². The Kier molecular flexibility index (Phi) is 6.90. The van der Waals surface area contributed by atoms with E-state index in [1.165, 1.54) is 4.90 Å². The zero-order valence-electron chi connectivity index (χ0n) is 19.6. The molecule has 36 heavy (non-hydrogen) atoms. The molecule has 10 nitrogen and oxygen atoms in total. The number of carbonyl (C=O) groups excluding carboxylic acids is 3. The van der Waals surface area contributed by atoms with Crippen molar-refractivity contribution in [1.82, 2.24) is 10.6 Å². The number of nitrogens with zero attached hydrogens (tertiary/aromatic N) is 1. The minimum Gasteiger partial charge on any atom is -0.445 e. The van der Waals surface area contributed by atoms with Gasteiger partial charge in [-0.2, -0.15) is 0 Å². The molecule has 0 radical (unpaired) electrons. The second-order valence-corrected chi connectivity index (χ2v) is 9.32. The maximum atomic E-state index is 13.8. The van der Waals surface area contributed by atoms with Crippen LogP contribution in [0.4, 0.5) is 10.5 Å². The van der Waals surface area contributed by atoms with Crippen molar-refractivity contribution in [3.05, 3.63) is 65.2 Å². The Morgan fingerprint density at radius 3 is 2.42 bits per heavy atom. The number of ether oxygens (including phenoxy) is 2. The maximum absolute atomic E-state index is 13.8. The van der Waals surface area contributed by atoms with E-state index < -0.39 is 42.7 Å². The van der Waals surface area contributed by atoms with Crippen molar-refractivity contribution in [3.63, 3.8) is 0 Å². The molecule has 3 heterocycles. The fourth-order valence-corrected chi connectivity index (χ4v) is 5.13. The molecule has 1 saturated heterocycles. The van der Waals surface area contributed by atoms with Gasteiger partial charge >= 0.3 is 6.09 Å². The number of nitrogens with one attached hydrogen (secondary N) is 2. The molecule has 3 aliphatic rings. The van der Waals surface area contributed by atoms with Crippen LogP contribution in [0, 0.1) is 0 Å². The first-order valence-electron chi connectivity index (χ1n) is 12.1. The summed E-state index contributed by atoms with van der Waals surface area (Å²) in [5.74, 6) is -0.834. The minimum absolute atomic E-state index is 0.0485. The van der Waals surface area contributed by atoms with Crippen LogP contribution in [0.15, 0.2) is 48.5 Å². The van der Waals surface area contributed by atoms with Gasteiger partial charge in [0.25, 0.3) is 0 Å². The molecular weight excluding hydrogens is 466 g/mol. The van der Waals surface area contributed by atoms with E-state index in [1.54, 1.807) is 0 Å². The lowest BCUT2D eigenvalue weighted by atomic mass is 9.92. The molecule has 2 aromatic carbocycles. The number of aliphatic hydroxyl groups is 2. The maximum Gasteiger partial charge on any atom is 0.408 e. The van der Waals surface area contributed by atoms with Crippen LogP contribution in [0.1, 0.15) is 36.0 Å². The predicted molar refractivity (Wildman–Crippen MR) is 128 cm³/mol. The van der Waals surface area contributed by atoms with Gasteiger partial charge in [-0.1, -0.05) is 48.5 Å². The summed E-state index contributed by atoms with van der Waals surface area (Å²) in [6.45, 7) is 0.0737. The molecule has 190 valence electrons. The summed E-state index contributed by atoms with van der Waals surface area (Å²) in [6, 6.07) is 12.6. The summed E-state index contributed by atoms with van der Waals surface area (Å²) >= 11 is 0. The van der Waals surface area contributed by atoms with Crippen molar-refractivity contribution in [2.45, 2.75) is 69.4 Å². The van der Waals surface area contributed by atoms with Crippen molar-refractivity contribution in [3.8, 4) is 0 Å². The second-order valence-electron chi connectivity index (χ2n) is 9.32. The van der Waals surface area contributed by atoms with E-state index in [2.05, 4.69) is 10.6 Å². The third kappa shape index (κ3) is 4.92. The van der Waals surface area contributed by atoms with E-state index in [4.69, 9.17) is 9.47 Å². The first kappa shape index (κ1) is 24.2. The largest absolute Gasteiger partial charge is 0.445 e.